The van der Waals surface area contributed by atoms with E-state index in [4.69, 9.17) is 9.84 Å². The quantitative estimate of drug-likeness (QED) is 0.750. The van der Waals surface area contributed by atoms with Crippen LogP contribution in [0, 0.1) is 0 Å². The van der Waals surface area contributed by atoms with Crippen LogP contribution in [0.4, 0.5) is 0 Å². The summed E-state index contributed by atoms with van der Waals surface area (Å²) in [6, 6.07) is 5.72. The Morgan fingerprint density at radius 3 is 3.00 bits per heavy atom. The molecule has 1 N–H and O–H groups in total. The van der Waals surface area contributed by atoms with E-state index in [-0.39, 0.29) is 6.10 Å². The zero-order valence-corrected chi connectivity index (χ0v) is 8.18. The van der Waals surface area contributed by atoms with Crippen LogP contribution >= 0.6 is 0 Å². The van der Waals surface area contributed by atoms with Gasteiger partial charge in [-0.25, -0.2) is 4.98 Å². The van der Waals surface area contributed by atoms with E-state index < -0.39 is 0 Å². The van der Waals surface area contributed by atoms with Gasteiger partial charge in [0.25, 0.3) is 0 Å². The number of nitrogens with zero attached hydrogens (tertiary/aromatic N) is 2. The summed E-state index contributed by atoms with van der Waals surface area (Å²) in [6.45, 7) is 2.28. The molecule has 1 aliphatic heterocycles. The van der Waals surface area contributed by atoms with E-state index in [0.717, 1.165) is 25.3 Å². The summed E-state index contributed by atoms with van der Waals surface area (Å²) >= 11 is 0. The van der Waals surface area contributed by atoms with E-state index in [1.54, 1.807) is 7.11 Å². The molecule has 2 heterocycles. The monoisotopic (exact) mass is 194 g/mol. The van der Waals surface area contributed by atoms with Crippen LogP contribution in [0.5, 0.6) is 5.88 Å². The molecule has 0 saturated carbocycles. The Balaban J connectivity index is 1.95. The third-order valence-electron chi connectivity index (χ3n) is 2.31. The lowest BCUT2D eigenvalue weighted by atomic mass is 10.1. The number of hydrogen-bond acceptors (Lipinski definition) is 4. The van der Waals surface area contributed by atoms with E-state index in [1.807, 2.05) is 18.2 Å². The molecule has 0 aromatic carbocycles. The zero-order chi connectivity index (χ0) is 9.97. The van der Waals surface area contributed by atoms with Gasteiger partial charge < -0.3 is 9.84 Å². The normalized spacial score (nSPS) is 17.9. The third-order valence-corrected chi connectivity index (χ3v) is 2.31. The van der Waals surface area contributed by atoms with Gasteiger partial charge in [0, 0.05) is 25.7 Å². The molecule has 0 atom stereocenters. The molecular formula is C10H14N2O2. The summed E-state index contributed by atoms with van der Waals surface area (Å²) in [7, 11) is 1.61. The highest BCUT2D eigenvalue weighted by molar-refractivity contribution is 5.15. The molecule has 1 fully saturated rings. The smallest absolute Gasteiger partial charge is 0.213 e. The lowest BCUT2D eigenvalue weighted by Gasteiger charge is -2.35. The predicted molar refractivity (Wildman–Crippen MR) is 52.1 cm³/mol. The zero-order valence-electron chi connectivity index (χ0n) is 8.18. The molecule has 14 heavy (non-hydrogen) atoms. The highest BCUT2D eigenvalue weighted by Crippen LogP contribution is 2.13. The maximum Gasteiger partial charge on any atom is 0.213 e. The maximum atomic E-state index is 9.11. The minimum atomic E-state index is -0.152. The Bertz CT molecular complexity index is 311. The largest absolute Gasteiger partial charge is 0.481 e. The number of likely N-dealkylation sites (tertiary alicyclic amines) is 1. The lowest BCUT2D eigenvalue weighted by molar-refractivity contribution is -0.00359. The average Bonchev–Trinajstić information content (AvgIpc) is 2.16. The van der Waals surface area contributed by atoms with E-state index in [0.29, 0.717) is 5.88 Å². The Kier molecular flexibility index (Phi) is 2.65. The Morgan fingerprint density at radius 2 is 2.36 bits per heavy atom. The second kappa shape index (κ2) is 3.94. The first-order valence-electron chi connectivity index (χ1n) is 4.68. The Morgan fingerprint density at radius 1 is 1.57 bits per heavy atom. The molecule has 4 nitrogen and oxygen atoms in total. The van der Waals surface area contributed by atoms with Crippen LogP contribution in [0.15, 0.2) is 18.2 Å². The van der Waals surface area contributed by atoms with Crippen LogP contribution in [0.2, 0.25) is 0 Å². The van der Waals surface area contributed by atoms with Crippen molar-refractivity contribution in [2.75, 3.05) is 20.2 Å². The summed E-state index contributed by atoms with van der Waals surface area (Å²) < 4.78 is 5.03. The van der Waals surface area contributed by atoms with Gasteiger partial charge in [-0.3, -0.25) is 4.90 Å². The van der Waals surface area contributed by atoms with Crippen LogP contribution in [-0.2, 0) is 6.54 Å². The minimum Gasteiger partial charge on any atom is -0.481 e. The highest BCUT2D eigenvalue weighted by Gasteiger charge is 2.24. The number of hydrogen-bond donors (Lipinski definition) is 1. The maximum absolute atomic E-state index is 9.11. The van der Waals surface area contributed by atoms with Crippen molar-refractivity contribution in [3.8, 4) is 5.88 Å². The molecule has 1 aromatic heterocycles. The van der Waals surface area contributed by atoms with Crippen molar-refractivity contribution in [1.82, 2.24) is 9.88 Å². The fraction of sp³-hybridized carbons (Fsp3) is 0.500. The third kappa shape index (κ3) is 2.02. The summed E-state index contributed by atoms with van der Waals surface area (Å²) in [4.78, 5) is 6.44. The van der Waals surface area contributed by atoms with Crippen LogP contribution in [0.3, 0.4) is 0 Å². The average molecular weight is 194 g/mol. The van der Waals surface area contributed by atoms with Crippen molar-refractivity contribution in [1.29, 1.82) is 0 Å². The van der Waals surface area contributed by atoms with Gasteiger partial charge in [0.05, 0.1) is 18.9 Å². The number of aliphatic hydroxyl groups excluding tert-OH is 1. The molecule has 1 aromatic rings. The molecule has 76 valence electrons. The van der Waals surface area contributed by atoms with Gasteiger partial charge >= 0.3 is 0 Å². The SMILES string of the molecule is COc1cccc(CN2CC(O)C2)n1. The molecule has 1 aliphatic rings. The number of methoxy groups -OCH3 is 1. The number of rotatable bonds is 3. The van der Waals surface area contributed by atoms with Crippen molar-refractivity contribution < 1.29 is 9.84 Å². The first-order valence-corrected chi connectivity index (χ1v) is 4.68. The van der Waals surface area contributed by atoms with E-state index in [2.05, 4.69) is 9.88 Å². The van der Waals surface area contributed by atoms with Gasteiger partial charge in [-0.05, 0) is 6.07 Å². The van der Waals surface area contributed by atoms with Gasteiger partial charge in [0.1, 0.15) is 0 Å². The fourth-order valence-corrected chi connectivity index (χ4v) is 1.56. The number of β-amino-alcohol motifs (C(OH)–C–C–N with tert-alkyl or cyclic N) is 1. The first-order chi connectivity index (χ1) is 6.78. The number of aliphatic hydroxyl groups is 1. The van der Waals surface area contributed by atoms with E-state index in [9.17, 15) is 0 Å². The van der Waals surface area contributed by atoms with Crippen molar-refractivity contribution in [2.24, 2.45) is 0 Å². The molecular weight excluding hydrogens is 180 g/mol. The van der Waals surface area contributed by atoms with Crippen LogP contribution in [0.25, 0.3) is 0 Å². The highest BCUT2D eigenvalue weighted by atomic mass is 16.5. The molecule has 4 heteroatoms. The van der Waals surface area contributed by atoms with Crippen LogP contribution in [0.1, 0.15) is 5.69 Å². The van der Waals surface area contributed by atoms with Crippen molar-refractivity contribution >= 4 is 0 Å². The number of ether oxygens (including phenoxy) is 1. The standard InChI is InChI=1S/C10H14N2O2/c1-14-10-4-2-3-8(11-10)5-12-6-9(13)7-12/h2-4,9,13H,5-7H2,1H3. The molecule has 0 amide bonds. The molecule has 0 radical (unpaired) electrons. The molecule has 0 aliphatic carbocycles. The fourth-order valence-electron chi connectivity index (χ4n) is 1.56. The molecule has 0 unspecified atom stereocenters. The predicted octanol–water partition coefficient (Wildman–Crippen LogP) is 0.267. The molecule has 0 spiro atoms. The Labute approximate surface area is 83.1 Å². The van der Waals surface area contributed by atoms with Gasteiger partial charge in [-0.2, -0.15) is 0 Å². The molecule has 0 bridgehead atoms. The van der Waals surface area contributed by atoms with Crippen molar-refractivity contribution in [2.45, 2.75) is 12.6 Å². The van der Waals surface area contributed by atoms with Crippen LogP contribution in [-0.4, -0.2) is 41.3 Å². The summed E-state index contributed by atoms with van der Waals surface area (Å²) in [6.07, 6.45) is -0.152. The second-order valence-electron chi connectivity index (χ2n) is 3.52. The topological polar surface area (TPSA) is 45.6 Å². The molecule has 1 saturated heterocycles. The van der Waals surface area contributed by atoms with E-state index in [1.165, 1.54) is 0 Å². The first kappa shape index (κ1) is 9.43. The van der Waals surface area contributed by atoms with E-state index >= 15 is 0 Å². The number of pyridine rings is 1. The molecule has 2 rings (SSSR count). The summed E-state index contributed by atoms with van der Waals surface area (Å²) in [5.41, 5.74) is 0.983. The van der Waals surface area contributed by atoms with Gasteiger partial charge in [-0.1, -0.05) is 6.07 Å². The van der Waals surface area contributed by atoms with Crippen molar-refractivity contribution in [3.05, 3.63) is 23.9 Å². The van der Waals surface area contributed by atoms with Crippen molar-refractivity contribution in [3.63, 3.8) is 0 Å². The lowest BCUT2D eigenvalue weighted by Crippen LogP contribution is -2.49. The van der Waals surface area contributed by atoms with Gasteiger partial charge in [0.2, 0.25) is 5.88 Å². The summed E-state index contributed by atoms with van der Waals surface area (Å²) in [5, 5.41) is 9.11. The Hall–Kier alpha value is -1.13. The van der Waals surface area contributed by atoms with Crippen LogP contribution < -0.4 is 4.74 Å². The minimum absolute atomic E-state index is 0.152. The summed E-state index contributed by atoms with van der Waals surface area (Å²) in [5.74, 6) is 0.642. The van der Waals surface area contributed by atoms with Gasteiger partial charge in [0.15, 0.2) is 0 Å². The second-order valence-corrected chi connectivity index (χ2v) is 3.52. The van der Waals surface area contributed by atoms with Gasteiger partial charge in [-0.15, -0.1) is 0 Å². The number of aromatic nitrogens is 1.